The quantitative estimate of drug-likeness (QED) is 0.733. The summed E-state index contributed by atoms with van der Waals surface area (Å²) in [5.41, 5.74) is 1.24. The zero-order valence-electron chi connectivity index (χ0n) is 12.7. The predicted molar refractivity (Wildman–Crippen MR) is 87.3 cm³/mol. The van der Waals surface area contributed by atoms with Crippen LogP contribution >= 0.6 is 11.6 Å². The Hall–Kier alpha value is -1.56. The van der Waals surface area contributed by atoms with Gasteiger partial charge in [0.05, 0.1) is 12.7 Å². The smallest absolute Gasteiger partial charge is 0.267 e. The van der Waals surface area contributed by atoms with E-state index in [1.165, 1.54) is 0 Å². The number of rotatable bonds is 7. The topological polar surface area (TPSA) is 74.3 Å². The number of aromatic amines is 1. The summed E-state index contributed by atoms with van der Waals surface area (Å²) in [5.74, 6) is 0.148. The molecule has 1 amide bonds. The highest BCUT2D eigenvalue weighted by Crippen LogP contribution is 2.19. The number of hydrogen-bond donors (Lipinski definition) is 3. The number of hydrogen-bond acceptors (Lipinski definition) is 3. The number of ether oxygens (including phenoxy) is 1. The van der Waals surface area contributed by atoms with Crippen molar-refractivity contribution < 1.29 is 14.6 Å². The normalized spacial score (nSPS) is 12.8. The SMILES string of the molecule is CC(C)COCC(O)CNC(=O)c1cc2ccc(Cl)cc2[nH]1. The van der Waals surface area contributed by atoms with Gasteiger partial charge in [-0.15, -0.1) is 0 Å². The number of fused-ring (bicyclic) bond motifs is 1. The van der Waals surface area contributed by atoms with Crippen LogP contribution in [0.1, 0.15) is 24.3 Å². The van der Waals surface area contributed by atoms with Crippen LogP contribution in [-0.2, 0) is 4.74 Å². The number of H-pyrrole nitrogens is 1. The molecule has 5 nitrogen and oxygen atoms in total. The lowest BCUT2D eigenvalue weighted by Crippen LogP contribution is -2.35. The standard InChI is InChI=1S/C16H21ClN2O3/c1-10(2)8-22-9-13(20)7-18-16(21)15-5-11-3-4-12(17)6-14(11)19-15/h3-6,10,13,19-20H,7-9H2,1-2H3,(H,18,21). The molecular formula is C16H21ClN2O3. The summed E-state index contributed by atoms with van der Waals surface area (Å²) in [6.07, 6.45) is -0.721. The maximum atomic E-state index is 12.1. The second-order valence-corrected chi connectivity index (χ2v) is 6.15. The fraction of sp³-hybridized carbons (Fsp3) is 0.438. The Balaban J connectivity index is 1.85. The zero-order valence-corrected chi connectivity index (χ0v) is 13.5. The number of carbonyl (C=O) groups is 1. The lowest BCUT2D eigenvalue weighted by atomic mass is 10.2. The third-order valence-electron chi connectivity index (χ3n) is 3.09. The van der Waals surface area contributed by atoms with Crippen LogP contribution in [0.3, 0.4) is 0 Å². The van der Waals surface area contributed by atoms with E-state index in [9.17, 15) is 9.90 Å². The minimum Gasteiger partial charge on any atom is -0.389 e. The van der Waals surface area contributed by atoms with Crippen LogP contribution in [0.5, 0.6) is 0 Å². The van der Waals surface area contributed by atoms with Crippen molar-refractivity contribution >= 4 is 28.4 Å². The highest BCUT2D eigenvalue weighted by Gasteiger charge is 2.12. The molecule has 0 spiro atoms. The first-order valence-electron chi connectivity index (χ1n) is 7.28. The number of aromatic nitrogens is 1. The third-order valence-corrected chi connectivity index (χ3v) is 3.32. The van der Waals surface area contributed by atoms with Crippen molar-refractivity contribution in [2.75, 3.05) is 19.8 Å². The number of aliphatic hydroxyl groups is 1. The van der Waals surface area contributed by atoms with Crippen LogP contribution in [0.2, 0.25) is 5.02 Å². The molecule has 6 heteroatoms. The van der Waals surface area contributed by atoms with Crippen LogP contribution in [0, 0.1) is 5.92 Å². The van der Waals surface area contributed by atoms with Gasteiger partial charge in [0.1, 0.15) is 5.69 Å². The first-order chi connectivity index (χ1) is 10.5. The molecule has 0 saturated carbocycles. The molecule has 0 fully saturated rings. The Bertz CT molecular complexity index is 639. The summed E-state index contributed by atoms with van der Waals surface area (Å²) in [6.45, 7) is 5.02. The van der Waals surface area contributed by atoms with Crippen LogP contribution in [0.25, 0.3) is 10.9 Å². The number of aliphatic hydroxyl groups excluding tert-OH is 1. The number of nitrogens with one attached hydrogen (secondary N) is 2. The van der Waals surface area contributed by atoms with Crippen LogP contribution in [-0.4, -0.2) is 41.9 Å². The molecule has 1 heterocycles. The summed E-state index contributed by atoms with van der Waals surface area (Å²) in [4.78, 5) is 15.1. The first-order valence-corrected chi connectivity index (χ1v) is 7.66. The van der Waals surface area contributed by atoms with Crippen molar-refractivity contribution in [3.8, 4) is 0 Å². The van der Waals surface area contributed by atoms with Gasteiger partial charge in [0.2, 0.25) is 0 Å². The lowest BCUT2D eigenvalue weighted by Gasteiger charge is -2.13. The molecule has 1 atom stereocenters. The predicted octanol–water partition coefficient (Wildman–Crippen LogP) is 2.58. The molecule has 3 N–H and O–H groups in total. The van der Waals surface area contributed by atoms with Gasteiger partial charge >= 0.3 is 0 Å². The van der Waals surface area contributed by atoms with Crippen LogP contribution in [0.4, 0.5) is 0 Å². The molecule has 2 rings (SSSR count). The fourth-order valence-electron chi connectivity index (χ4n) is 2.03. The van der Waals surface area contributed by atoms with E-state index >= 15 is 0 Å². The van der Waals surface area contributed by atoms with E-state index in [-0.39, 0.29) is 19.1 Å². The van der Waals surface area contributed by atoms with E-state index < -0.39 is 6.10 Å². The second kappa shape index (κ2) is 7.63. The summed E-state index contributed by atoms with van der Waals surface area (Å²) in [7, 11) is 0. The summed E-state index contributed by atoms with van der Waals surface area (Å²) >= 11 is 5.91. The highest BCUT2D eigenvalue weighted by atomic mass is 35.5. The van der Waals surface area contributed by atoms with Gasteiger partial charge in [-0.3, -0.25) is 4.79 Å². The van der Waals surface area contributed by atoms with Crippen molar-refractivity contribution in [3.63, 3.8) is 0 Å². The molecule has 1 aromatic heterocycles. The van der Waals surface area contributed by atoms with Gasteiger partial charge in [-0.05, 0) is 24.1 Å². The number of benzene rings is 1. The van der Waals surface area contributed by atoms with Gasteiger partial charge in [-0.2, -0.15) is 0 Å². The third kappa shape index (κ3) is 4.73. The Labute approximate surface area is 134 Å². The average molecular weight is 325 g/mol. The van der Waals surface area contributed by atoms with Gasteiger partial charge in [0, 0.05) is 29.1 Å². The lowest BCUT2D eigenvalue weighted by molar-refractivity contribution is 0.0259. The first kappa shape index (κ1) is 16.8. The van der Waals surface area contributed by atoms with E-state index in [1.54, 1.807) is 18.2 Å². The van der Waals surface area contributed by atoms with Gasteiger partial charge in [-0.25, -0.2) is 0 Å². The minimum absolute atomic E-state index is 0.146. The monoisotopic (exact) mass is 324 g/mol. The molecule has 0 aliphatic rings. The van der Waals surface area contributed by atoms with E-state index in [2.05, 4.69) is 10.3 Å². The second-order valence-electron chi connectivity index (χ2n) is 5.71. The molecule has 1 aromatic carbocycles. The minimum atomic E-state index is -0.721. The molecule has 0 bridgehead atoms. The van der Waals surface area contributed by atoms with Gasteiger partial charge < -0.3 is 20.1 Å². The van der Waals surface area contributed by atoms with Crippen LogP contribution < -0.4 is 5.32 Å². The van der Waals surface area contributed by atoms with Crippen molar-refractivity contribution in [2.24, 2.45) is 5.92 Å². The highest BCUT2D eigenvalue weighted by molar-refractivity contribution is 6.31. The number of amides is 1. The fourth-order valence-corrected chi connectivity index (χ4v) is 2.20. The summed E-state index contributed by atoms with van der Waals surface area (Å²) in [5, 5.41) is 14.0. The van der Waals surface area contributed by atoms with Gasteiger partial charge in [-0.1, -0.05) is 31.5 Å². The van der Waals surface area contributed by atoms with Crippen molar-refractivity contribution in [1.29, 1.82) is 0 Å². The summed E-state index contributed by atoms with van der Waals surface area (Å²) in [6, 6.07) is 7.14. The van der Waals surface area contributed by atoms with Gasteiger partial charge in [0.25, 0.3) is 5.91 Å². The van der Waals surface area contributed by atoms with E-state index in [0.29, 0.717) is 23.2 Å². The largest absolute Gasteiger partial charge is 0.389 e. The Morgan fingerprint density at radius 2 is 2.14 bits per heavy atom. The zero-order chi connectivity index (χ0) is 16.1. The van der Waals surface area contributed by atoms with E-state index in [1.807, 2.05) is 19.9 Å². The van der Waals surface area contributed by atoms with Crippen molar-refractivity contribution in [1.82, 2.24) is 10.3 Å². The average Bonchev–Trinajstić information content (AvgIpc) is 2.87. The molecule has 0 aliphatic heterocycles. The summed E-state index contributed by atoms with van der Waals surface area (Å²) < 4.78 is 5.33. The molecule has 0 aliphatic carbocycles. The van der Waals surface area contributed by atoms with Crippen molar-refractivity contribution in [2.45, 2.75) is 20.0 Å². The van der Waals surface area contributed by atoms with Crippen LogP contribution in [0.15, 0.2) is 24.3 Å². The molecule has 22 heavy (non-hydrogen) atoms. The number of halogens is 1. The van der Waals surface area contributed by atoms with Crippen molar-refractivity contribution in [3.05, 3.63) is 35.0 Å². The molecule has 2 aromatic rings. The molecule has 120 valence electrons. The molecular weight excluding hydrogens is 304 g/mol. The van der Waals surface area contributed by atoms with E-state index in [0.717, 1.165) is 10.9 Å². The maximum Gasteiger partial charge on any atom is 0.267 e. The molecule has 1 unspecified atom stereocenters. The maximum absolute atomic E-state index is 12.1. The Kier molecular flexibility index (Phi) is 5.83. The van der Waals surface area contributed by atoms with Gasteiger partial charge in [0.15, 0.2) is 0 Å². The Morgan fingerprint density at radius 3 is 2.86 bits per heavy atom. The Morgan fingerprint density at radius 1 is 1.36 bits per heavy atom. The number of carbonyl (C=O) groups excluding carboxylic acids is 1. The molecule has 0 saturated heterocycles. The molecule has 0 radical (unpaired) electrons. The van der Waals surface area contributed by atoms with E-state index in [4.69, 9.17) is 16.3 Å².